The maximum atomic E-state index is 13.4. The Bertz CT molecular complexity index is 1120. The molecule has 1 fully saturated rings. The van der Waals surface area contributed by atoms with Gasteiger partial charge in [0.25, 0.3) is 0 Å². The summed E-state index contributed by atoms with van der Waals surface area (Å²) in [6, 6.07) is 10.2. The molecule has 0 unspecified atom stereocenters. The van der Waals surface area contributed by atoms with E-state index in [9.17, 15) is 17.2 Å². The number of thiazole rings is 1. The molecule has 1 aromatic heterocycles. The second-order valence-electron chi connectivity index (χ2n) is 7.26. The summed E-state index contributed by atoms with van der Waals surface area (Å²) in [6.07, 6.45) is 1.41. The molecule has 0 atom stereocenters. The van der Waals surface area contributed by atoms with Gasteiger partial charge in [-0.2, -0.15) is 0 Å². The summed E-state index contributed by atoms with van der Waals surface area (Å²) in [5.41, 5.74) is 1.27. The van der Waals surface area contributed by atoms with E-state index in [4.69, 9.17) is 0 Å². The number of rotatable bonds is 5. The van der Waals surface area contributed by atoms with Gasteiger partial charge in [0.1, 0.15) is 11.6 Å². The van der Waals surface area contributed by atoms with Crippen LogP contribution in [0.5, 0.6) is 0 Å². The van der Waals surface area contributed by atoms with Crippen LogP contribution in [-0.4, -0.2) is 31.7 Å². The lowest BCUT2D eigenvalue weighted by molar-refractivity contribution is 0.529. The van der Waals surface area contributed by atoms with Crippen molar-refractivity contribution in [1.29, 1.82) is 0 Å². The van der Waals surface area contributed by atoms with E-state index in [0.29, 0.717) is 42.8 Å². The Morgan fingerprint density at radius 3 is 2.33 bits per heavy atom. The molecule has 2 heterocycles. The van der Waals surface area contributed by atoms with Gasteiger partial charge in [0, 0.05) is 35.4 Å². The lowest BCUT2D eigenvalue weighted by Crippen LogP contribution is -2.39. The van der Waals surface area contributed by atoms with E-state index in [1.165, 1.54) is 23.5 Å². The molecule has 9 heteroatoms. The highest BCUT2D eigenvalue weighted by Gasteiger charge is 2.32. The Labute approximate surface area is 186 Å². The zero-order chi connectivity index (χ0) is 21.3. The van der Waals surface area contributed by atoms with Crippen molar-refractivity contribution in [3.8, 4) is 0 Å². The van der Waals surface area contributed by atoms with Crippen LogP contribution in [0, 0.1) is 11.6 Å². The largest absolute Gasteiger partial charge is 0.348 e. The van der Waals surface area contributed by atoms with Gasteiger partial charge in [-0.1, -0.05) is 15.9 Å². The molecule has 4 rings (SSSR count). The SMILES string of the molecule is O=S(=O)(c1ccc(Br)cc1)C1CCN(c2nc(Cc3cc(F)cc(F)c3)cs2)CC1. The number of hydrogen-bond acceptors (Lipinski definition) is 5. The lowest BCUT2D eigenvalue weighted by atomic mass is 10.1. The van der Waals surface area contributed by atoms with E-state index in [1.54, 1.807) is 24.3 Å². The Morgan fingerprint density at radius 1 is 1.07 bits per heavy atom. The summed E-state index contributed by atoms with van der Waals surface area (Å²) in [4.78, 5) is 7.02. The molecule has 4 nitrogen and oxygen atoms in total. The molecule has 0 saturated carbocycles. The van der Waals surface area contributed by atoms with Gasteiger partial charge in [-0.25, -0.2) is 22.2 Å². The van der Waals surface area contributed by atoms with E-state index < -0.39 is 26.7 Å². The minimum atomic E-state index is -3.36. The van der Waals surface area contributed by atoms with Gasteiger partial charge >= 0.3 is 0 Å². The van der Waals surface area contributed by atoms with Crippen LogP contribution in [-0.2, 0) is 16.3 Å². The first-order valence-electron chi connectivity index (χ1n) is 9.45. The number of anilines is 1. The van der Waals surface area contributed by atoms with Crippen LogP contribution >= 0.6 is 27.3 Å². The van der Waals surface area contributed by atoms with E-state index in [0.717, 1.165) is 21.4 Å². The number of aromatic nitrogens is 1. The summed E-state index contributed by atoms with van der Waals surface area (Å²) >= 11 is 4.79. The van der Waals surface area contributed by atoms with Crippen molar-refractivity contribution in [1.82, 2.24) is 4.98 Å². The van der Waals surface area contributed by atoms with Crippen molar-refractivity contribution < 1.29 is 17.2 Å². The predicted octanol–water partition coefficient (Wildman–Crippen LogP) is 5.22. The summed E-state index contributed by atoms with van der Waals surface area (Å²) in [7, 11) is -3.36. The molecule has 0 bridgehead atoms. The van der Waals surface area contributed by atoms with Crippen LogP contribution in [0.2, 0.25) is 0 Å². The van der Waals surface area contributed by atoms with Crippen LogP contribution in [0.4, 0.5) is 13.9 Å². The second kappa shape index (κ2) is 8.72. The van der Waals surface area contributed by atoms with Gasteiger partial charge in [-0.05, 0) is 54.8 Å². The standard InChI is InChI=1S/C21H19BrF2N2O2S2/c22-15-1-3-19(4-2-15)30(27,28)20-5-7-26(8-6-20)21-25-18(13-29-21)11-14-9-16(23)12-17(24)10-14/h1-4,9-10,12-13,20H,5-8,11H2. The fraction of sp³-hybridized carbons (Fsp3) is 0.286. The number of sulfone groups is 1. The van der Waals surface area contributed by atoms with Gasteiger partial charge in [-0.3, -0.25) is 0 Å². The third-order valence-electron chi connectivity index (χ3n) is 5.14. The predicted molar refractivity (Wildman–Crippen MR) is 118 cm³/mol. The first-order valence-corrected chi connectivity index (χ1v) is 12.7. The number of piperidine rings is 1. The Kier molecular flexibility index (Phi) is 6.22. The van der Waals surface area contributed by atoms with Gasteiger partial charge in [-0.15, -0.1) is 11.3 Å². The average molecular weight is 513 g/mol. The van der Waals surface area contributed by atoms with E-state index in [-0.39, 0.29) is 0 Å². The van der Waals surface area contributed by atoms with Crippen molar-refractivity contribution in [2.75, 3.05) is 18.0 Å². The molecule has 2 aromatic carbocycles. The molecule has 0 radical (unpaired) electrons. The van der Waals surface area contributed by atoms with Gasteiger partial charge in [0.15, 0.2) is 15.0 Å². The highest BCUT2D eigenvalue weighted by molar-refractivity contribution is 9.10. The number of benzene rings is 2. The zero-order valence-corrected chi connectivity index (χ0v) is 19.1. The summed E-state index contributed by atoms with van der Waals surface area (Å²) < 4.78 is 53.4. The Balaban J connectivity index is 1.40. The number of halogens is 3. The average Bonchev–Trinajstić information content (AvgIpc) is 3.16. The molecule has 0 amide bonds. The molecular weight excluding hydrogens is 494 g/mol. The van der Waals surface area contributed by atoms with Crippen molar-refractivity contribution >= 4 is 42.2 Å². The van der Waals surface area contributed by atoms with Crippen molar-refractivity contribution in [3.63, 3.8) is 0 Å². The molecule has 0 N–H and O–H groups in total. The van der Waals surface area contributed by atoms with Crippen LogP contribution in [0.25, 0.3) is 0 Å². The minimum absolute atomic E-state index is 0.347. The molecule has 30 heavy (non-hydrogen) atoms. The number of nitrogens with zero attached hydrogens (tertiary/aromatic N) is 2. The highest BCUT2D eigenvalue weighted by Crippen LogP contribution is 2.30. The van der Waals surface area contributed by atoms with Gasteiger partial charge in [0.2, 0.25) is 0 Å². The van der Waals surface area contributed by atoms with Gasteiger partial charge in [0.05, 0.1) is 15.8 Å². The third kappa shape index (κ3) is 4.73. The number of hydrogen-bond donors (Lipinski definition) is 0. The van der Waals surface area contributed by atoms with Crippen LogP contribution in [0.3, 0.4) is 0 Å². The van der Waals surface area contributed by atoms with Crippen molar-refractivity contribution in [3.05, 3.63) is 75.2 Å². The van der Waals surface area contributed by atoms with Crippen molar-refractivity contribution in [2.24, 2.45) is 0 Å². The molecule has 3 aromatic rings. The first kappa shape index (κ1) is 21.4. The monoisotopic (exact) mass is 512 g/mol. The summed E-state index contributed by atoms with van der Waals surface area (Å²) in [5, 5.41) is 2.27. The quantitative estimate of drug-likeness (QED) is 0.470. The van der Waals surface area contributed by atoms with Crippen LogP contribution in [0.15, 0.2) is 57.2 Å². The maximum absolute atomic E-state index is 13.4. The summed E-state index contributed by atoms with van der Waals surface area (Å²) in [5.74, 6) is -1.20. The molecule has 0 aliphatic carbocycles. The molecular formula is C21H19BrF2N2O2S2. The van der Waals surface area contributed by atoms with Crippen LogP contribution in [0.1, 0.15) is 24.1 Å². The zero-order valence-electron chi connectivity index (χ0n) is 15.9. The Morgan fingerprint density at radius 2 is 1.70 bits per heavy atom. The fourth-order valence-corrected chi connectivity index (χ4v) is 6.49. The molecule has 1 aliphatic rings. The smallest absolute Gasteiger partial charge is 0.185 e. The third-order valence-corrected chi connectivity index (χ3v) is 8.90. The van der Waals surface area contributed by atoms with Gasteiger partial charge < -0.3 is 4.90 Å². The van der Waals surface area contributed by atoms with E-state index in [1.807, 2.05) is 5.38 Å². The topological polar surface area (TPSA) is 50.3 Å². The first-order chi connectivity index (χ1) is 14.3. The van der Waals surface area contributed by atoms with E-state index >= 15 is 0 Å². The lowest BCUT2D eigenvalue weighted by Gasteiger charge is -2.31. The highest BCUT2D eigenvalue weighted by atomic mass is 79.9. The second-order valence-corrected chi connectivity index (χ2v) is 11.2. The molecule has 0 spiro atoms. The maximum Gasteiger partial charge on any atom is 0.185 e. The minimum Gasteiger partial charge on any atom is -0.348 e. The Hall–Kier alpha value is -1.84. The van der Waals surface area contributed by atoms with Crippen molar-refractivity contribution in [2.45, 2.75) is 29.4 Å². The summed E-state index contributed by atoms with van der Waals surface area (Å²) in [6.45, 7) is 1.20. The molecule has 1 aliphatic heterocycles. The normalized spacial score (nSPS) is 15.5. The van der Waals surface area contributed by atoms with Crippen LogP contribution < -0.4 is 4.90 Å². The molecule has 158 valence electrons. The molecule has 1 saturated heterocycles. The fourth-order valence-electron chi connectivity index (χ4n) is 3.62. The van der Waals surface area contributed by atoms with E-state index in [2.05, 4.69) is 25.8 Å².